The zero-order valence-corrected chi connectivity index (χ0v) is 16.2. The van der Waals surface area contributed by atoms with Crippen molar-refractivity contribution in [1.82, 2.24) is 9.88 Å². The SMILES string of the molecule is O=C1C(Nc2ccc3c(c2)OCO3)=C(c2ccc(F)cc2)C(=O)N1Cc1ccccn1. The van der Waals surface area contributed by atoms with Gasteiger partial charge in [0.1, 0.15) is 11.5 Å². The van der Waals surface area contributed by atoms with Gasteiger partial charge in [0.05, 0.1) is 17.8 Å². The van der Waals surface area contributed by atoms with Gasteiger partial charge in [-0.1, -0.05) is 18.2 Å². The average Bonchev–Trinajstić information content (AvgIpc) is 3.34. The maximum absolute atomic E-state index is 13.5. The number of carbonyl (C=O) groups is 2. The number of fused-ring (bicyclic) bond motifs is 1. The molecule has 0 saturated heterocycles. The van der Waals surface area contributed by atoms with Gasteiger partial charge >= 0.3 is 0 Å². The van der Waals surface area contributed by atoms with Gasteiger partial charge in [-0.25, -0.2) is 4.39 Å². The van der Waals surface area contributed by atoms with Crippen LogP contribution >= 0.6 is 0 Å². The minimum atomic E-state index is -0.493. The van der Waals surface area contributed by atoms with Crippen molar-refractivity contribution in [3.05, 3.63) is 89.6 Å². The zero-order chi connectivity index (χ0) is 21.4. The van der Waals surface area contributed by atoms with Crippen molar-refractivity contribution in [2.75, 3.05) is 12.1 Å². The van der Waals surface area contributed by atoms with Crippen LogP contribution in [0.5, 0.6) is 11.5 Å². The number of amides is 2. The lowest BCUT2D eigenvalue weighted by molar-refractivity contribution is -0.137. The lowest BCUT2D eigenvalue weighted by Gasteiger charge is -2.14. The molecule has 3 aromatic rings. The Labute approximate surface area is 176 Å². The van der Waals surface area contributed by atoms with E-state index in [1.807, 2.05) is 0 Å². The van der Waals surface area contributed by atoms with Crippen LogP contribution in [0, 0.1) is 5.82 Å². The monoisotopic (exact) mass is 417 g/mol. The molecule has 3 heterocycles. The van der Waals surface area contributed by atoms with Crippen LogP contribution in [-0.4, -0.2) is 28.5 Å². The normalized spacial score (nSPS) is 15.1. The summed E-state index contributed by atoms with van der Waals surface area (Å²) < 4.78 is 24.2. The van der Waals surface area contributed by atoms with E-state index in [-0.39, 0.29) is 24.6 Å². The summed E-state index contributed by atoms with van der Waals surface area (Å²) in [4.78, 5) is 31.8. The first-order valence-corrected chi connectivity index (χ1v) is 9.53. The van der Waals surface area contributed by atoms with Crippen LogP contribution in [0.2, 0.25) is 0 Å². The number of hydrogen-bond donors (Lipinski definition) is 1. The molecule has 2 amide bonds. The molecule has 0 fully saturated rings. The van der Waals surface area contributed by atoms with Gasteiger partial charge in [-0.2, -0.15) is 0 Å². The minimum absolute atomic E-state index is 0.0233. The standard InChI is InChI=1S/C23H16FN3O4/c24-15-6-4-14(5-7-15)20-21(26-16-8-9-18-19(11-16)31-13-30-18)23(29)27(22(20)28)12-17-3-1-2-10-25-17/h1-11,26H,12-13H2. The van der Waals surface area contributed by atoms with Crippen molar-refractivity contribution in [3.63, 3.8) is 0 Å². The van der Waals surface area contributed by atoms with E-state index in [4.69, 9.17) is 9.47 Å². The average molecular weight is 417 g/mol. The summed E-state index contributed by atoms with van der Waals surface area (Å²) in [6.45, 7) is 0.146. The predicted octanol–water partition coefficient (Wildman–Crippen LogP) is 3.34. The highest BCUT2D eigenvalue weighted by atomic mass is 19.1. The summed E-state index contributed by atoms with van der Waals surface area (Å²) in [7, 11) is 0. The topological polar surface area (TPSA) is 80.8 Å². The van der Waals surface area contributed by atoms with E-state index in [1.54, 1.807) is 42.6 Å². The lowest BCUT2D eigenvalue weighted by Crippen LogP contribution is -2.32. The molecule has 0 unspecified atom stereocenters. The summed E-state index contributed by atoms with van der Waals surface area (Å²) in [5.74, 6) is -0.269. The number of anilines is 1. The Morgan fingerprint density at radius 1 is 0.968 bits per heavy atom. The molecule has 8 heteroatoms. The number of ether oxygens (including phenoxy) is 2. The second kappa shape index (κ2) is 7.56. The van der Waals surface area contributed by atoms with Crippen LogP contribution in [0.25, 0.3) is 5.57 Å². The fourth-order valence-corrected chi connectivity index (χ4v) is 3.49. The van der Waals surface area contributed by atoms with Gasteiger partial charge in [0.25, 0.3) is 11.8 Å². The maximum atomic E-state index is 13.5. The van der Waals surface area contributed by atoms with Crippen LogP contribution < -0.4 is 14.8 Å². The molecule has 0 atom stereocenters. The first-order chi connectivity index (χ1) is 15.1. The molecule has 2 aliphatic heterocycles. The van der Waals surface area contributed by atoms with Gasteiger partial charge in [-0.3, -0.25) is 19.5 Å². The smallest absolute Gasteiger partial charge is 0.278 e. The van der Waals surface area contributed by atoms with Gasteiger partial charge in [0.2, 0.25) is 6.79 Å². The van der Waals surface area contributed by atoms with E-state index in [0.717, 1.165) is 4.90 Å². The summed E-state index contributed by atoms with van der Waals surface area (Å²) >= 11 is 0. The predicted molar refractivity (Wildman–Crippen MR) is 109 cm³/mol. The third-order valence-corrected chi connectivity index (χ3v) is 4.99. The molecule has 0 aliphatic carbocycles. The largest absolute Gasteiger partial charge is 0.454 e. The number of nitrogens with zero attached hydrogens (tertiary/aromatic N) is 2. The molecule has 0 bridgehead atoms. The molecular formula is C23H16FN3O4. The first kappa shape index (κ1) is 18.8. The number of carbonyl (C=O) groups excluding carboxylic acids is 2. The van der Waals surface area contributed by atoms with Crippen LogP contribution in [0.4, 0.5) is 10.1 Å². The number of imide groups is 1. The van der Waals surface area contributed by atoms with E-state index in [9.17, 15) is 14.0 Å². The number of pyridine rings is 1. The molecule has 7 nitrogen and oxygen atoms in total. The Hall–Kier alpha value is -4.20. The van der Waals surface area contributed by atoms with Gasteiger partial charge in [0.15, 0.2) is 11.5 Å². The number of halogens is 1. The third-order valence-electron chi connectivity index (χ3n) is 4.99. The molecule has 0 radical (unpaired) electrons. The van der Waals surface area contributed by atoms with Crippen LogP contribution in [0.1, 0.15) is 11.3 Å². The quantitative estimate of drug-likeness (QED) is 0.642. The second-order valence-electron chi connectivity index (χ2n) is 6.97. The van der Waals surface area contributed by atoms with Crippen molar-refractivity contribution >= 4 is 23.1 Å². The van der Waals surface area contributed by atoms with Crippen LogP contribution in [0.3, 0.4) is 0 Å². The van der Waals surface area contributed by atoms with Crippen molar-refractivity contribution in [1.29, 1.82) is 0 Å². The van der Waals surface area contributed by atoms with E-state index < -0.39 is 17.6 Å². The van der Waals surface area contributed by atoms with E-state index in [0.29, 0.717) is 28.4 Å². The minimum Gasteiger partial charge on any atom is -0.454 e. The Bertz CT molecular complexity index is 1210. The van der Waals surface area contributed by atoms with Gasteiger partial charge in [-0.15, -0.1) is 0 Å². The van der Waals surface area contributed by atoms with E-state index in [2.05, 4.69) is 10.3 Å². The maximum Gasteiger partial charge on any atom is 0.278 e. The first-order valence-electron chi connectivity index (χ1n) is 9.53. The number of rotatable bonds is 5. The number of hydrogen-bond acceptors (Lipinski definition) is 6. The van der Waals surface area contributed by atoms with Gasteiger partial charge < -0.3 is 14.8 Å². The molecule has 2 aliphatic rings. The van der Waals surface area contributed by atoms with E-state index >= 15 is 0 Å². The Kier molecular flexibility index (Phi) is 4.59. The highest BCUT2D eigenvalue weighted by Crippen LogP contribution is 2.36. The molecule has 0 spiro atoms. The van der Waals surface area contributed by atoms with E-state index in [1.165, 1.54) is 24.3 Å². The zero-order valence-electron chi connectivity index (χ0n) is 16.2. The highest BCUT2D eigenvalue weighted by molar-refractivity contribution is 6.36. The van der Waals surface area contributed by atoms with Crippen molar-refractivity contribution < 1.29 is 23.5 Å². The summed E-state index contributed by atoms with van der Waals surface area (Å²) in [6.07, 6.45) is 1.60. The number of benzene rings is 2. The summed E-state index contributed by atoms with van der Waals surface area (Å²) in [6, 6.07) is 15.9. The van der Waals surface area contributed by atoms with Crippen LogP contribution in [0.15, 0.2) is 72.6 Å². The fourth-order valence-electron chi connectivity index (χ4n) is 3.49. The molecule has 2 aromatic carbocycles. The Morgan fingerprint density at radius 2 is 1.77 bits per heavy atom. The summed E-state index contributed by atoms with van der Waals surface area (Å²) in [5, 5.41) is 3.05. The van der Waals surface area contributed by atoms with Gasteiger partial charge in [-0.05, 0) is 42.0 Å². The molecule has 5 rings (SSSR count). The highest BCUT2D eigenvalue weighted by Gasteiger charge is 2.39. The second-order valence-corrected chi connectivity index (χ2v) is 6.97. The van der Waals surface area contributed by atoms with Crippen molar-refractivity contribution in [2.45, 2.75) is 6.54 Å². The van der Waals surface area contributed by atoms with Crippen molar-refractivity contribution in [2.24, 2.45) is 0 Å². The van der Waals surface area contributed by atoms with Crippen molar-refractivity contribution in [3.8, 4) is 11.5 Å². The number of nitrogens with one attached hydrogen (secondary N) is 1. The molecular weight excluding hydrogens is 401 g/mol. The van der Waals surface area contributed by atoms with Crippen LogP contribution in [-0.2, 0) is 16.1 Å². The molecule has 1 N–H and O–H groups in total. The fraction of sp³-hybridized carbons (Fsp3) is 0.0870. The molecule has 1 aromatic heterocycles. The number of aromatic nitrogens is 1. The Balaban J connectivity index is 1.53. The van der Waals surface area contributed by atoms with Gasteiger partial charge in [0, 0.05) is 18.0 Å². The third kappa shape index (κ3) is 3.48. The molecule has 154 valence electrons. The lowest BCUT2D eigenvalue weighted by atomic mass is 10.0. The Morgan fingerprint density at radius 3 is 2.55 bits per heavy atom. The molecule has 0 saturated carbocycles. The summed E-state index contributed by atoms with van der Waals surface area (Å²) in [5.41, 5.74) is 1.84. The molecule has 31 heavy (non-hydrogen) atoms.